The van der Waals surface area contributed by atoms with Gasteiger partial charge in [0.25, 0.3) is 11.5 Å². The second kappa shape index (κ2) is 8.91. The Labute approximate surface area is 194 Å². The number of H-pyrrole nitrogens is 1. The van der Waals surface area contributed by atoms with E-state index in [-0.39, 0.29) is 21.4 Å². The molecule has 4 aromatic rings. The lowest BCUT2D eigenvalue weighted by atomic mass is 10.1. The van der Waals surface area contributed by atoms with Gasteiger partial charge in [-0.1, -0.05) is 12.1 Å². The first-order valence-electron chi connectivity index (χ1n) is 9.98. The molecule has 9 nitrogen and oxygen atoms in total. The number of sulfone groups is 1. The van der Waals surface area contributed by atoms with Gasteiger partial charge in [-0.05, 0) is 54.6 Å². The molecule has 0 spiro atoms. The standard InChI is InChI=1S/C24H20N2O7S/c1-32-15-8-10-16(11-9-15)34(30,31)22-21(27)17-12-7-14(13-19(17)26-24(22)29)23(28)25-18-5-3-4-6-20(18)33-2/h3-13H,1-2H3,(H,25,28)(H2,26,27,29). The third kappa shape index (κ3) is 4.06. The van der Waals surface area contributed by atoms with Gasteiger partial charge in [0, 0.05) is 10.9 Å². The van der Waals surface area contributed by atoms with Crippen molar-refractivity contribution in [1.82, 2.24) is 4.98 Å². The molecular weight excluding hydrogens is 460 g/mol. The van der Waals surface area contributed by atoms with Crippen molar-refractivity contribution in [3.63, 3.8) is 0 Å². The van der Waals surface area contributed by atoms with Crippen molar-refractivity contribution >= 4 is 32.3 Å². The molecule has 34 heavy (non-hydrogen) atoms. The van der Waals surface area contributed by atoms with Crippen molar-refractivity contribution in [3.05, 3.63) is 82.6 Å². The molecule has 3 aromatic carbocycles. The molecule has 1 aromatic heterocycles. The Morgan fingerprint density at radius 1 is 0.971 bits per heavy atom. The molecule has 3 N–H and O–H groups in total. The van der Waals surface area contributed by atoms with Gasteiger partial charge in [0.1, 0.15) is 17.2 Å². The number of pyridine rings is 1. The topological polar surface area (TPSA) is 135 Å². The van der Waals surface area contributed by atoms with Crippen LogP contribution >= 0.6 is 0 Å². The number of methoxy groups -OCH3 is 2. The highest BCUT2D eigenvalue weighted by Crippen LogP contribution is 2.32. The van der Waals surface area contributed by atoms with Crippen LogP contribution in [0.1, 0.15) is 10.4 Å². The molecule has 0 atom stereocenters. The van der Waals surface area contributed by atoms with E-state index in [1.165, 1.54) is 56.7 Å². The summed E-state index contributed by atoms with van der Waals surface area (Å²) in [6, 6.07) is 16.4. The van der Waals surface area contributed by atoms with Gasteiger partial charge in [-0.25, -0.2) is 8.42 Å². The van der Waals surface area contributed by atoms with Crippen LogP contribution in [0.15, 0.2) is 81.3 Å². The van der Waals surface area contributed by atoms with Gasteiger partial charge < -0.3 is 24.9 Å². The van der Waals surface area contributed by atoms with E-state index in [1.54, 1.807) is 24.3 Å². The van der Waals surface area contributed by atoms with Crippen molar-refractivity contribution in [2.24, 2.45) is 0 Å². The van der Waals surface area contributed by atoms with Gasteiger partial charge in [0.05, 0.1) is 30.3 Å². The average molecular weight is 480 g/mol. The summed E-state index contributed by atoms with van der Waals surface area (Å²) in [6.07, 6.45) is 0. The fourth-order valence-electron chi connectivity index (χ4n) is 3.47. The molecule has 4 rings (SSSR count). The summed E-state index contributed by atoms with van der Waals surface area (Å²) >= 11 is 0. The van der Waals surface area contributed by atoms with Crippen LogP contribution in [0.4, 0.5) is 5.69 Å². The molecule has 0 bridgehead atoms. The lowest BCUT2D eigenvalue weighted by Crippen LogP contribution is -2.19. The number of amides is 1. The maximum absolute atomic E-state index is 13.1. The Bertz CT molecular complexity index is 1560. The number of fused-ring (bicyclic) bond motifs is 1. The van der Waals surface area contributed by atoms with Crippen molar-refractivity contribution in [2.75, 3.05) is 19.5 Å². The Kier molecular flexibility index (Phi) is 5.99. The van der Waals surface area contributed by atoms with E-state index < -0.39 is 31.9 Å². The Hall–Kier alpha value is -4.31. The molecule has 0 aliphatic heterocycles. The molecule has 0 radical (unpaired) electrons. The minimum absolute atomic E-state index is 0.0699. The number of nitrogens with one attached hydrogen (secondary N) is 2. The van der Waals surface area contributed by atoms with Crippen LogP contribution < -0.4 is 20.3 Å². The summed E-state index contributed by atoms with van der Waals surface area (Å²) in [5.74, 6) is -0.279. The second-order valence-corrected chi connectivity index (χ2v) is 9.11. The highest BCUT2D eigenvalue weighted by atomic mass is 32.2. The Morgan fingerprint density at radius 3 is 2.35 bits per heavy atom. The predicted molar refractivity (Wildman–Crippen MR) is 126 cm³/mol. The smallest absolute Gasteiger partial charge is 0.271 e. The lowest BCUT2D eigenvalue weighted by Gasteiger charge is -2.12. The van der Waals surface area contributed by atoms with Crippen molar-refractivity contribution < 1.29 is 27.8 Å². The number of aromatic nitrogens is 1. The van der Waals surface area contributed by atoms with Gasteiger partial charge >= 0.3 is 0 Å². The summed E-state index contributed by atoms with van der Waals surface area (Å²) in [4.78, 5) is 26.9. The number of anilines is 1. The molecule has 174 valence electrons. The molecule has 0 unspecified atom stereocenters. The molecule has 0 aliphatic carbocycles. The van der Waals surface area contributed by atoms with Crippen LogP contribution in [0.2, 0.25) is 0 Å². The van der Waals surface area contributed by atoms with Gasteiger partial charge in [-0.2, -0.15) is 0 Å². The largest absolute Gasteiger partial charge is 0.506 e. The maximum Gasteiger partial charge on any atom is 0.271 e. The van der Waals surface area contributed by atoms with Crippen LogP contribution in [0.3, 0.4) is 0 Å². The number of hydrogen-bond donors (Lipinski definition) is 3. The minimum Gasteiger partial charge on any atom is -0.506 e. The molecular formula is C24H20N2O7S. The summed E-state index contributed by atoms with van der Waals surface area (Å²) < 4.78 is 36.4. The first-order valence-corrected chi connectivity index (χ1v) is 11.5. The maximum atomic E-state index is 13.1. The average Bonchev–Trinajstić information content (AvgIpc) is 2.83. The van der Waals surface area contributed by atoms with E-state index in [9.17, 15) is 23.1 Å². The fourth-order valence-corrected chi connectivity index (χ4v) is 4.86. The van der Waals surface area contributed by atoms with E-state index in [4.69, 9.17) is 9.47 Å². The normalized spacial score (nSPS) is 11.2. The number of benzene rings is 3. The number of carbonyl (C=O) groups excluding carboxylic acids is 1. The van der Waals surface area contributed by atoms with Gasteiger partial charge in [-0.3, -0.25) is 9.59 Å². The van der Waals surface area contributed by atoms with E-state index in [1.807, 2.05) is 0 Å². The van der Waals surface area contributed by atoms with E-state index >= 15 is 0 Å². The van der Waals surface area contributed by atoms with Gasteiger partial charge in [0.15, 0.2) is 4.90 Å². The van der Waals surface area contributed by atoms with Crippen LogP contribution in [0.5, 0.6) is 17.2 Å². The summed E-state index contributed by atoms with van der Waals surface area (Å²) in [7, 11) is -1.42. The highest BCUT2D eigenvalue weighted by Gasteiger charge is 2.27. The van der Waals surface area contributed by atoms with Crippen molar-refractivity contribution in [1.29, 1.82) is 0 Å². The minimum atomic E-state index is -4.33. The third-order valence-electron chi connectivity index (χ3n) is 5.20. The third-order valence-corrected chi connectivity index (χ3v) is 7.01. The predicted octanol–water partition coefficient (Wildman–Crippen LogP) is 3.34. The summed E-state index contributed by atoms with van der Waals surface area (Å²) in [5, 5.41) is 13.5. The molecule has 0 saturated carbocycles. The fraction of sp³-hybridized carbons (Fsp3) is 0.0833. The lowest BCUT2D eigenvalue weighted by molar-refractivity contribution is 0.102. The quantitative estimate of drug-likeness (QED) is 0.385. The van der Waals surface area contributed by atoms with Crippen LogP contribution in [0.25, 0.3) is 10.9 Å². The molecule has 1 heterocycles. The summed E-state index contributed by atoms with van der Waals surface area (Å²) in [6.45, 7) is 0. The Balaban J connectivity index is 1.74. The number of ether oxygens (including phenoxy) is 2. The number of aromatic hydroxyl groups is 1. The number of carbonyl (C=O) groups is 1. The van der Waals surface area contributed by atoms with E-state index in [2.05, 4.69) is 10.3 Å². The van der Waals surface area contributed by atoms with Crippen molar-refractivity contribution in [2.45, 2.75) is 9.79 Å². The number of para-hydroxylation sites is 2. The number of hydrogen-bond acceptors (Lipinski definition) is 7. The van der Waals surface area contributed by atoms with Crippen LogP contribution in [-0.4, -0.2) is 38.6 Å². The first-order chi connectivity index (χ1) is 16.3. The SMILES string of the molecule is COc1ccc(S(=O)(=O)c2c(O)c3ccc(C(=O)Nc4ccccc4OC)cc3[nH]c2=O)cc1. The molecule has 10 heteroatoms. The van der Waals surface area contributed by atoms with E-state index in [0.717, 1.165) is 0 Å². The monoisotopic (exact) mass is 480 g/mol. The highest BCUT2D eigenvalue weighted by molar-refractivity contribution is 7.91. The summed E-state index contributed by atoms with van der Waals surface area (Å²) in [5.41, 5.74) is -0.279. The van der Waals surface area contributed by atoms with Crippen LogP contribution in [-0.2, 0) is 9.84 Å². The van der Waals surface area contributed by atoms with Crippen molar-refractivity contribution in [3.8, 4) is 17.2 Å². The first kappa shape index (κ1) is 22.9. The van der Waals surface area contributed by atoms with Gasteiger partial charge in [-0.15, -0.1) is 0 Å². The molecule has 0 fully saturated rings. The van der Waals surface area contributed by atoms with Crippen LogP contribution in [0, 0.1) is 0 Å². The zero-order valence-corrected chi connectivity index (χ0v) is 19.0. The second-order valence-electron chi connectivity index (χ2n) is 7.23. The number of rotatable bonds is 6. The number of aromatic amines is 1. The Morgan fingerprint density at radius 2 is 1.68 bits per heavy atom. The zero-order chi connectivity index (χ0) is 24.5. The van der Waals surface area contributed by atoms with Gasteiger partial charge in [0.2, 0.25) is 9.84 Å². The zero-order valence-electron chi connectivity index (χ0n) is 18.2. The molecule has 1 amide bonds. The van der Waals surface area contributed by atoms with E-state index in [0.29, 0.717) is 17.2 Å². The molecule has 0 saturated heterocycles. The molecule has 0 aliphatic rings.